The molecule has 2 rings (SSSR count). The van der Waals surface area contributed by atoms with E-state index in [4.69, 9.17) is 4.74 Å². The van der Waals surface area contributed by atoms with Crippen LogP contribution in [-0.2, 0) is 6.54 Å². The normalized spacial score (nSPS) is 10.9. The van der Waals surface area contributed by atoms with Crippen molar-refractivity contribution in [2.75, 3.05) is 11.9 Å². The summed E-state index contributed by atoms with van der Waals surface area (Å²) in [6.45, 7) is 9.98. The van der Waals surface area contributed by atoms with Gasteiger partial charge in [0.15, 0.2) is 5.75 Å². The van der Waals surface area contributed by atoms with Gasteiger partial charge in [0.2, 0.25) is 5.88 Å². The van der Waals surface area contributed by atoms with Gasteiger partial charge in [-0.2, -0.15) is 10.1 Å². The summed E-state index contributed by atoms with van der Waals surface area (Å²) < 4.78 is 7.61. The lowest BCUT2D eigenvalue weighted by Crippen LogP contribution is -2.07. The number of rotatable bonds is 7. The van der Waals surface area contributed by atoms with E-state index in [1.54, 1.807) is 6.20 Å². The van der Waals surface area contributed by atoms with Crippen molar-refractivity contribution >= 4 is 5.82 Å². The van der Waals surface area contributed by atoms with Crippen LogP contribution in [0.1, 0.15) is 45.9 Å². The van der Waals surface area contributed by atoms with E-state index in [1.165, 1.54) is 0 Å². The van der Waals surface area contributed by atoms with Gasteiger partial charge in [-0.1, -0.05) is 20.8 Å². The maximum Gasteiger partial charge on any atom is 0.224 e. The lowest BCUT2D eigenvalue weighted by Gasteiger charge is -2.11. The number of anilines is 1. The number of aryl methyl sites for hydroxylation is 1. The average Bonchev–Trinajstić information content (AvgIpc) is 2.92. The van der Waals surface area contributed by atoms with Crippen LogP contribution >= 0.6 is 0 Å². The fourth-order valence-electron chi connectivity index (χ4n) is 1.79. The third kappa shape index (κ3) is 4.18. The highest BCUT2D eigenvalue weighted by Gasteiger charge is 2.10. The van der Waals surface area contributed by atoms with E-state index in [1.807, 2.05) is 23.9 Å². The molecule has 2 heterocycles. The van der Waals surface area contributed by atoms with Crippen molar-refractivity contribution in [3.8, 4) is 11.6 Å². The molecule has 0 saturated heterocycles. The minimum absolute atomic E-state index is 0.245. The Bertz CT molecular complexity index is 579. The molecule has 2 aromatic rings. The van der Waals surface area contributed by atoms with E-state index in [2.05, 4.69) is 41.2 Å². The molecule has 0 aliphatic rings. The highest BCUT2D eigenvalue weighted by atomic mass is 16.5. The van der Waals surface area contributed by atoms with Crippen LogP contribution in [0.4, 0.5) is 5.82 Å². The van der Waals surface area contributed by atoms with Crippen molar-refractivity contribution in [2.24, 2.45) is 0 Å². The Kier molecular flexibility index (Phi) is 5.14. The van der Waals surface area contributed by atoms with E-state index in [-0.39, 0.29) is 5.92 Å². The van der Waals surface area contributed by atoms with Crippen LogP contribution in [0.3, 0.4) is 0 Å². The second kappa shape index (κ2) is 7.06. The quantitative estimate of drug-likeness (QED) is 0.846. The van der Waals surface area contributed by atoms with E-state index in [0.29, 0.717) is 11.6 Å². The van der Waals surface area contributed by atoms with Crippen molar-refractivity contribution in [1.82, 2.24) is 19.7 Å². The highest BCUT2D eigenvalue weighted by Crippen LogP contribution is 2.23. The van der Waals surface area contributed by atoms with Crippen LogP contribution in [0.5, 0.6) is 11.6 Å². The predicted molar refractivity (Wildman–Crippen MR) is 82.9 cm³/mol. The zero-order chi connectivity index (χ0) is 15.2. The minimum Gasteiger partial charge on any atom is -0.436 e. The number of nitrogens with one attached hydrogen (secondary N) is 1. The molecule has 0 unspecified atom stereocenters. The van der Waals surface area contributed by atoms with Crippen LogP contribution in [-0.4, -0.2) is 26.3 Å². The van der Waals surface area contributed by atoms with Crippen molar-refractivity contribution in [2.45, 2.75) is 46.6 Å². The van der Waals surface area contributed by atoms with Crippen LogP contribution in [0, 0.1) is 0 Å². The molecule has 0 atom stereocenters. The summed E-state index contributed by atoms with van der Waals surface area (Å²) in [6.07, 6.45) is 4.59. The van der Waals surface area contributed by atoms with E-state index in [0.717, 1.165) is 31.2 Å². The molecule has 0 fully saturated rings. The first-order valence-corrected chi connectivity index (χ1v) is 7.45. The van der Waals surface area contributed by atoms with Gasteiger partial charge in [-0.05, 0) is 13.3 Å². The number of ether oxygens (including phenoxy) is 1. The summed E-state index contributed by atoms with van der Waals surface area (Å²) in [7, 11) is 0. The highest BCUT2D eigenvalue weighted by molar-refractivity contribution is 5.40. The standard InChI is InChI=1S/C15H23N5O/c1-5-7-16-13-8-14(19-15(18-13)11(3)4)21-12-9-17-20(6-2)10-12/h8-11H,5-7H2,1-4H3,(H,16,18,19). The summed E-state index contributed by atoms with van der Waals surface area (Å²) in [5.74, 6) is 3.05. The molecule has 0 radical (unpaired) electrons. The fourth-order valence-corrected chi connectivity index (χ4v) is 1.79. The van der Waals surface area contributed by atoms with Crippen LogP contribution in [0.2, 0.25) is 0 Å². The first-order chi connectivity index (χ1) is 10.1. The number of hydrogen-bond acceptors (Lipinski definition) is 5. The van der Waals surface area contributed by atoms with Crippen LogP contribution in [0.25, 0.3) is 0 Å². The molecule has 0 aliphatic carbocycles. The van der Waals surface area contributed by atoms with Gasteiger partial charge in [-0.3, -0.25) is 4.68 Å². The summed E-state index contributed by atoms with van der Waals surface area (Å²) in [5, 5.41) is 7.47. The molecular formula is C15H23N5O. The number of nitrogens with zero attached hydrogens (tertiary/aromatic N) is 4. The molecule has 0 bridgehead atoms. The van der Waals surface area contributed by atoms with Crippen molar-refractivity contribution in [3.63, 3.8) is 0 Å². The Labute approximate surface area is 125 Å². The third-order valence-corrected chi connectivity index (χ3v) is 2.95. The van der Waals surface area contributed by atoms with Crippen molar-refractivity contribution < 1.29 is 4.74 Å². The molecular weight excluding hydrogens is 266 g/mol. The van der Waals surface area contributed by atoms with E-state index in [9.17, 15) is 0 Å². The van der Waals surface area contributed by atoms with Gasteiger partial charge >= 0.3 is 0 Å². The van der Waals surface area contributed by atoms with Gasteiger partial charge in [-0.25, -0.2) is 4.98 Å². The summed E-state index contributed by atoms with van der Waals surface area (Å²) in [5.41, 5.74) is 0. The van der Waals surface area contributed by atoms with Gasteiger partial charge in [0, 0.05) is 25.1 Å². The van der Waals surface area contributed by atoms with Gasteiger partial charge in [-0.15, -0.1) is 0 Å². The van der Waals surface area contributed by atoms with Crippen molar-refractivity contribution in [1.29, 1.82) is 0 Å². The Morgan fingerprint density at radius 2 is 2.10 bits per heavy atom. The second-order valence-corrected chi connectivity index (χ2v) is 5.16. The van der Waals surface area contributed by atoms with E-state index < -0.39 is 0 Å². The Balaban J connectivity index is 2.22. The molecule has 0 amide bonds. The maximum absolute atomic E-state index is 5.80. The van der Waals surface area contributed by atoms with Gasteiger partial charge < -0.3 is 10.1 Å². The molecule has 6 nitrogen and oxygen atoms in total. The molecule has 0 spiro atoms. The fraction of sp³-hybridized carbons (Fsp3) is 0.533. The van der Waals surface area contributed by atoms with Crippen LogP contribution < -0.4 is 10.1 Å². The monoisotopic (exact) mass is 289 g/mol. The van der Waals surface area contributed by atoms with Gasteiger partial charge in [0.25, 0.3) is 0 Å². The molecule has 0 aromatic carbocycles. The maximum atomic E-state index is 5.80. The van der Waals surface area contributed by atoms with Gasteiger partial charge in [0.1, 0.15) is 11.6 Å². The number of aromatic nitrogens is 4. The summed E-state index contributed by atoms with van der Waals surface area (Å²) in [6, 6.07) is 1.82. The SMILES string of the molecule is CCCNc1cc(Oc2cnn(CC)c2)nc(C(C)C)n1. The average molecular weight is 289 g/mol. The molecule has 1 N–H and O–H groups in total. The lowest BCUT2D eigenvalue weighted by atomic mass is 10.2. The van der Waals surface area contributed by atoms with E-state index >= 15 is 0 Å². The molecule has 0 aliphatic heterocycles. The first-order valence-electron chi connectivity index (χ1n) is 7.45. The lowest BCUT2D eigenvalue weighted by molar-refractivity contribution is 0.456. The first kappa shape index (κ1) is 15.3. The van der Waals surface area contributed by atoms with Gasteiger partial charge in [0.05, 0.1) is 12.4 Å². The topological polar surface area (TPSA) is 64.9 Å². The smallest absolute Gasteiger partial charge is 0.224 e. The minimum atomic E-state index is 0.245. The summed E-state index contributed by atoms with van der Waals surface area (Å²) in [4.78, 5) is 8.97. The Morgan fingerprint density at radius 3 is 2.71 bits per heavy atom. The van der Waals surface area contributed by atoms with Crippen molar-refractivity contribution in [3.05, 3.63) is 24.3 Å². The molecule has 21 heavy (non-hydrogen) atoms. The molecule has 114 valence electrons. The largest absolute Gasteiger partial charge is 0.436 e. The third-order valence-electron chi connectivity index (χ3n) is 2.95. The zero-order valence-electron chi connectivity index (χ0n) is 13.1. The summed E-state index contributed by atoms with van der Waals surface area (Å²) >= 11 is 0. The number of hydrogen-bond donors (Lipinski definition) is 1. The Morgan fingerprint density at radius 1 is 1.29 bits per heavy atom. The van der Waals surface area contributed by atoms with Crippen LogP contribution in [0.15, 0.2) is 18.5 Å². The molecule has 2 aromatic heterocycles. The predicted octanol–water partition coefficient (Wildman–Crippen LogP) is 3.43. The molecule has 0 saturated carbocycles. The zero-order valence-corrected chi connectivity index (χ0v) is 13.1. The molecule has 6 heteroatoms. The second-order valence-electron chi connectivity index (χ2n) is 5.16. The Hall–Kier alpha value is -2.11.